The van der Waals surface area contributed by atoms with E-state index in [0.717, 1.165) is 50.0 Å². The Morgan fingerprint density at radius 1 is 1.34 bits per heavy atom. The van der Waals surface area contributed by atoms with Crippen molar-refractivity contribution in [2.45, 2.75) is 79.0 Å². The van der Waals surface area contributed by atoms with Gasteiger partial charge in [0.05, 0.1) is 13.1 Å². The summed E-state index contributed by atoms with van der Waals surface area (Å²) in [5.74, 6) is 2.63. The Kier molecular flexibility index (Phi) is 8.28. The monoisotopic (exact) mass is 407 g/mol. The van der Waals surface area contributed by atoms with Gasteiger partial charge in [0.25, 0.3) is 0 Å². The number of hydrogen-bond acceptors (Lipinski definition) is 5. The second-order valence-corrected chi connectivity index (χ2v) is 8.37. The zero-order valence-electron chi connectivity index (χ0n) is 18.8. The number of nitrogens with one attached hydrogen (secondary N) is 2. The fraction of sp³-hybridized carbons (Fsp3) is 0.800. The summed E-state index contributed by atoms with van der Waals surface area (Å²) in [5.41, 5.74) is -0.498. The lowest BCUT2D eigenvalue weighted by Crippen LogP contribution is -2.47. The van der Waals surface area contributed by atoms with Gasteiger partial charge in [0.2, 0.25) is 0 Å². The van der Waals surface area contributed by atoms with Crippen LogP contribution in [0.1, 0.15) is 59.1 Å². The Morgan fingerprint density at radius 3 is 2.76 bits per heavy atom. The molecule has 0 fully saturated rings. The molecule has 0 saturated carbocycles. The van der Waals surface area contributed by atoms with Crippen LogP contribution in [0.25, 0.3) is 0 Å². The van der Waals surface area contributed by atoms with Gasteiger partial charge in [0.15, 0.2) is 5.96 Å². The molecule has 2 heterocycles. The molecule has 1 unspecified atom stereocenters. The van der Waals surface area contributed by atoms with Gasteiger partial charge in [-0.15, -0.1) is 0 Å². The average Bonchev–Trinajstić information content (AvgIpc) is 2.99. The second kappa shape index (κ2) is 10.5. The van der Waals surface area contributed by atoms with Gasteiger partial charge in [0.1, 0.15) is 17.2 Å². The molecule has 9 nitrogen and oxygen atoms in total. The van der Waals surface area contributed by atoms with Gasteiger partial charge in [-0.2, -0.15) is 5.10 Å². The first-order valence-corrected chi connectivity index (χ1v) is 10.6. The number of carbonyl (C=O) groups excluding carboxylic acids is 1. The molecular weight excluding hydrogens is 370 g/mol. The van der Waals surface area contributed by atoms with Crippen molar-refractivity contribution >= 4 is 12.1 Å². The van der Waals surface area contributed by atoms with Crippen molar-refractivity contribution in [1.29, 1.82) is 0 Å². The fourth-order valence-electron chi connectivity index (χ4n) is 3.24. The minimum Gasteiger partial charge on any atom is -0.444 e. The number of amides is 1. The third-order valence-corrected chi connectivity index (χ3v) is 4.43. The van der Waals surface area contributed by atoms with Gasteiger partial charge in [-0.05, 0) is 47.5 Å². The standard InChI is InChI=1S/C20H37N7O2/c1-7-12-26(19(28)29-20(4,5)6)13-11-22-18(21-8-2)24-16-9-10-17-23-15(3)25-27(17)14-16/h16H,7-14H2,1-6H3,(H2,21,22,24). The first kappa shape index (κ1) is 23.0. The van der Waals surface area contributed by atoms with Crippen molar-refractivity contribution in [3.05, 3.63) is 11.6 Å². The minimum absolute atomic E-state index is 0.249. The lowest BCUT2D eigenvalue weighted by atomic mass is 10.1. The van der Waals surface area contributed by atoms with Gasteiger partial charge in [0, 0.05) is 32.1 Å². The van der Waals surface area contributed by atoms with Crippen molar-refractivity contribution < 1.29 is 9.53 Å². The van der Waals surface area contributed by atoms with Crippen LogP contribution in [0.15, 0.2) is 4.99 Å². The number of rotatable bonds is 7. The molecule has 29 heavy (non-hydrogen) atoms. The van der Waals surface area contributed by atoms with Crippen LogP contribution in [0.2, 0.25) is 0 Å². The largest absolute Gasteiger partial charge is 0.444 e. The molecule has 0 saturated heterocycles. The van der Waals surface area contributed by atoms with Gasteiger partial charge in [-0.3, -0.25) is 4.99 Å². The molecule has 0 aliphatic carbocycles. The quantitative estimate of drug-likeness (QED) is 0.531. The van der Waals surface area contributed by atoms with E-state index in [1.807, 2.05) is 39.3 Å². The molecule has 0 spiro atoms. The number of ether oxygens (including phenoxy) is 1. The van der Waals surface area contributed by atoms with Crippen LogP contribution >= 0.6 is 0 Å². The number of guanidine groups is 1. The number of hydrogen-bond donors (Lipinski definition) is 2. The van der Waals surface area contributed by atoms with Crippen LogP contribution in [0, 0.1) is 6.92 Å². The summed E-state index contributed by atoms with van der Waals surface area (Å²) in [6.07, 6.45) is 2.49. The molecule has 2 N–H and O–H groups in total. The maximum absolute atomic E-state index is 12.4. The molecule has 164 valence electrons. The predicted molar refractivity (Wildman–Crippen MR) is 114 cm³/mol. The predicted octanol–water partition coefficient (Wildman–Crippen LogP) is 2.10. The Labute approximate surface area is 174 Å². The number of nitrogens with zero attached hydrogens (tertiary/aromatic N) is 5. The van der Waals surface area contributed by atoms with Crippen LogP contribution in [0.5, 0.6) is 0 Å². The van der Waals surface area contributed by atoms with E-state index in [2.05, 4.69) is 32.6 Å². The Morgan fingerprint density at radius 2 is 2.10 bits per heavy atom. The summed E-state index contributed by atoms with van der Waals surface area (Å²) in [5, 5.41) is 11.2. The average molecular weight is 408 g/mol. The number of carbonyl (C=O) groups is 1. The maximum atomic E-state index is 12.4. The van der Waals surface area contributed by atoms with Crippen molar-refractivity contribution in [2.75, 3.05) is 26.2 Å². The van der Waals surface area contributed by atoms with Gasteiger partial charge in [-0.25, -0.2) is 14.5 Å². The van der Waals surface area contributed by atoms with E-state index in [1.165, 1.54) is 0 Å². The number of aromatic nitrogens is 3. The molecule has 1 aromatic heterocycles. The second-order valence-electron chi connectivity index (χ2n) is 8.37. The highest BCUT2D eigenvalue weighted by Crippen LogP contribution is 2.13. The Balaban J connectivity index is 1.92. The van der Waals surface area contributed by atoms with E-state index in [9.17, 15) is 4.79 Å². The zero-order valence-corrected chi connectivity index (χ0v) is 18.8. The lowest BCUT2D eigenvalue weighted by Gasteiger charge is -2.27. The van der Waals surface area contributed by atoms with Crippen LogP contribution in [0.4, 0.5) is 4.79 Å². The topological polar surface area (TPSA) is 96.7 Å². The minimum atomic E-state index is -0.498. The fourth-order valence-corrected chi connectivity index (χ4v) is 3.24. The molecular formula is C20H37N7O2. The number of aliphatic imine (C=N–C) groups is 1. The number of fused-ring (bicyclic) bond motifs is 1. The molecule has 1 aromatic rings. The molecule has 1 atom stereocenters. The third kappa shape index (κ3) is 7.55. The number of aryl methyl sites for hydroxylation is 2. The van der Waals surface area contributed by atoms with E-state index in [1.54, 1.807) is 4.90 Å². The molecule has 0 aromatic carbocycles. The van der Waals surface area contributed by atoms with E-state index in [4.69, 9.17) is 4.74 Å². The Bertz CT molecular complexity index is 693. The molecule has 1 aliphatic heterocycles. The summed E-state index contributed by atoms with van der Waals surface area (Å²) in [7, 11) is 0. The smallest absolute Gasteiger partial charge is 0.410 e. The van der Waals surface area contributed by atoms with E-state index in [0.29, 0.717) is 19.6 Å². The van der Waals surface area contributed by atoms with Crippen molar-refractivity contribution in [1.82, 2.24) is 30.3 Å². The summed E-state index contributed by atoms with van der Waals surface area (Å²) < 4.78 is 7.48. The first-order valence-electron chi connectivity index (χ1n) is 10.6. The highest BCUT2D eigenvalue weighted by Gasteiger charge is 2.23. The van der Waals surface area contributed by atoms with Crippen molar-refractivity contribution in [3.63, 3.8) is 0 Å². The van der Waals surface area contributed by atoms with Gasteiger partial charge >= 0.3 is 6.09 Å². The van der Waals surface area contributed by atoms with Crippen LogP contribution in [0.3, 0.4) is 0 Å². The van der Waals surface area contributed by atoms with Gasteiger partial charge in [-0.1, -0.05) is 6.92 Å². The summed E-state index contributed by atoms with van der Waals surface area (Å²) in [4.78, 5) is 23.2. The molecule has 9 heteroatoms. The van der Waals surface area contributed by atoms with Crippen molar-refractivity contribution in [2.24, 2.45) is 4.99 Å². The van der Waals surface area contributed by atoms with Gasteiger partial charge < -0.3 is 20.3 Å². The van der Waals surface area contributed by atoms with E-state index < -0.39 is 5.60 Å². The Hall–Kier alpha value is -2.32. The molecule has 0 bridgehead atoms. The van der Waals surface area contributed by atoms with Crippen LogP contribution < -0.4 is 10.6 Å². The molecule has 1 amide bonds. The highest BCUT2D eigenvalue weighted by atomic mass is 16.6. The first-order chi connectivity index (χ1) is 13.7. The lowest BCUT2D eigenvalue weighted by molar-refractivity contribution is 0.0256. The van der Waals surface area contributed by atoms with Crippen molar-refractivity contribution in [3.8, 4) is 0 Å². The zero-order chi connectivity index (χ0) is 21.4. The molecule has 0 radical (unpaired) electrons. The van der Waals surface area contributed by atoms with Crippen LogP contribution in [-0.2, 0) is 17.7 Å². The molecule has 1 aliphatic rings. The summed E-state index contributed by atoms with van der Waals surface area (Å²) in [6.45, 7) is 14.9. The SMILES string of the molecule is CCCN(CCN=C(NCC)NC1CCc2nc(C)nn2C1)C(=O)OC(C)(C)C. The summed E-state index contributed by atoms with van der Waals surface area (Å²) in [6, 6.07) is 0.249. The maximum Gasteiger partial charge on any atom is 0.410 e. The van der Waals surface area contributed by atoms with E-state index in [-0.39, 0.29) is 12.1 Å². The molecule has 2 rings (SSSR count). The normalized spacial score (nSPS) is 16.9. The van der Waals surface area contributed by atoms with E-state index >= 15 is 0 Å². The van der Waals surface area contributed by atoms with Crippen LogP contribution in [-0.4, -0.2) is 69.5 Å². The summed E-state index contributed by atoms with van der Waals surface area (Å²) >= 11 is 0. The highest BCUT2D eigenvalue weighted by molar-refractivity contribution is 5.80. The third-order valence-electron chi connectivity index (χ3n) is 4.43.